The molecule has 0 bridgehead atoms. The van der Waals surface area contributed by atoms with Crippen molar-refractivity contribution in [3.8, 4) is 16.9 Å². The van der Waals surface area contributed by atoms with Crippen LogP contribution in [0.3, 0.4) is 0 Å². The molecule has 0 saturated carbocycles. The third kappa shape index (κ3) is 9.49. The summed E-state index contributed by atoms with van der Waals surface area (Å²) in [6, 6.07) is 25.5. The number of hydrogen-bond donors (Lipinski definition) is 3. The van der Waals surface area contributed by atoms with E-state index in [0.717, 1.165) is 41.8 Å². The Bertz CT molecular complexity index is 1050. The van der Waals surface area contributed by atoms with Crippen LogP contribution in [-0.4, -0.2) is 12.0 Å². The Morgan fingerprint density at radius 2 is 1.44 bits per heavy atom. The summed E-state index contributed by atoms with van der Waals surface area (Å²) in [6.45, 7) is 8.41. The van der Waals surface area contributed by atoms with Gasteiger partial charge in [0.15, 0.2) is 0 Å². The van der Waals surface area contributed by atoms with E-state index in [1.807, 2.05) is 80.6 Å². The van der Waals surface area contributed by atoms with E-state index in [9.17, 15) is 4.79 Å². The van der Waals surface area contributed by atoms with Crippen molar-refractivity contribution in [1.82, 2.24) is 0 Å². The Kier molecular flexibility index (Phi) is 12.7. The van der Waals surface area contributed by atoms with E-state index >= 15 is 0 Å². The molecule has 5 heteroatoms. The minimum Gasteiger partial charge on any atom is -0.490 e. The first-order valence-corrected chi connectivity index (χ1v) is 13.0. The molecule has 0 radical (unpaired) electrons. The van der Waals surface area contributed by atoms with Gasteiger partial charge >= 0.3 is 0 Å². The number of carbonyl (C=O) groups is 1. The Balaban J connectivity index is 0.00000222. The molecule has 0 aliphatic heterocycles. The number of ether oxygens (including phenoxy) is 1. The highest BCUT2D eigenvalue weighted by Gasteiger charge is 2.10. The average molecular weight is 488 g/mol. The molecule has 0 spiro atoms. The highest BCUT2D eigenvalue weighted by Crippen LogP contribution is 2.25. The van der Waals surface area contributed by atoms with Crippen molar-refractivity contribution in [1.29, 1.82) is 0 Å². The van der Waals surface area contributed by atoms with Crippen molar-refractivity contribution in [2.75, 3.05) is 10.6 Å². The van der Waals surface area contributed by atoms with Gasteiger partial charge in [0.2, 0.25) is 0 Å². The number of amides is 1. The molecule has 0 aliphatic carbocycles. The van der Waals surface area contributed by atoms with E-state index in [-0.39, 0.29) is 17.7 Å². The molecule has 0 fully saturated rings. The number of nitrogens with one attached hydrogen (secondary N) is 2. The zero-order chi connectivity index (χ0) is 26.2. The molecule has 1 amide bonds. The van der Waals surface area contributed by atoms with Crippen molar-refractivity contribution in [3.63, 3.8) is 0 Å². The zero-order valence-electron chi connectivity index (χ0n) is 22.1. The Morgan fingerprint density at radius 1 is 0.833 bits per heavy atom. The number of unbranched alkanes of at least 4 members (excludes halogenated alkanes) is 1. The predicted octanol–water partition coefficient (Wildman–Crippen LogP) is 7.97. The van der Waals surface area contributed by atoms with Gasteiger partial charge in [-0.15, -0.1) is 0 Å². The summed E-state index contributed by atoms with van der Waals surface area (Å²) in [5.74, 6) is 0.552. The third-order valence-electron chi connectivity index (χ3n) is 5.55. The maximum atomic E-state index is 12.4. The first-order valence-electron chi connectivity index (χ1n) is 13.0. The summed E-state index contributed by atoms with van der Waals surface area (Å²) in [7, 11) is 0. The van der Waals surface area contributed by atoms with E-state index in [0.29, 0.717) is 5.69 Å². The number of carbonyl (C=O) groups excluding carboxylic acids is 1. The lowest BCUT2D eigenvalue weighted by Gasteiger charge is -2.18. The van der Waals surface area contributed by atoms with Crippen LogP contribution in [0.1, 0.15) is 59.8 Å². The van der Waals surface area contributed by atoms with Gasteiger partial charge in [-0.25, -0.2) is 0 Å². The number of rotatable bonds is 12. The van der Waals surface area contributed by atoms with Gasteiger partial charge < -0.3 is 21.1 Å². The summed E-state index contributed by atoms with van der Waals surface area (Å²) in [6.07, 6.45) is 7.46. The molecule has 0 heterocycles. The van der Waals surface area contributed by atoms with Crippen LogP contribution in [0.2, 0.25) is 0 Å². The summed E-state index contributed by atoms with van der Waals surface area (Å²) in [5.41, 5.74) is 9.71. The van der Waals surface area contributed by atoms with Gasteiger partial charge in [-0.3, -0.25) is 4.79 Å². The van der Waals surface area contributed by atoms with Crippen LogP contribution in [0.25, 0.3) is 11.1 Å². The van der Waals surface area contributed by atoms with Gasteiger partial charge in [-0.2, -0.15) is 0 Å². The van der Waals surface area contributed by atoms with Gasteiger partial charge in [0.25, 0.3) is 5.91 Å². The Hall–Kier alpha value is -3.73. The summed E-state index contributed by atoms with van der Waals surface area (Å²) >= 11 is 0. The molecular weight excluding hydrogens is 446 g/mol. The van der Waals surface area contributed by atoms with E-state index in [1.54, 1.807) is 0 Å². The molecule has 0 aromatic heterocycles. The van der Waals surface area contributed by atoms with E-state index in [4.69, 9.17) is 10.5 Å². The predicted molar refractivity (Wildman–Crippen MR) is 153 cm³/mol. The number of para-hydroxylation sites is 1. The Labute approximate surface area is 216 Å². The molecule has 0 saturated heterocycles. The maximum Gasteiger partial charge on any atom is 0.273 e. The summed E-state index contributed by atoms with van der Waals surface area (Å²) in [5, 5.41) is 5.84. The lowest BCUT2D eigenvalue weighted by molar-refractivity contribution is -0.112. The first kappa shape index (κ1) is 28.5. The molecule has 1 atom stereocenters. The van der Waals surface area contributed by atoms with Crippen molar-refractivity contribution >= 4 is 17.3 Å². The lowest BCUT2D eigenvalue weighted by atomic mass is 10.0. The third-order valence-corrected chi connectivity index (χ3v) is 5.55. The SMILES string of the molecule is CC.CCCCC(CCC)Oc1ccc(-c2ccc(NC(=O)/C(N)=C/Nc3ccccc3)cc2)cc1. The second-order valence-electron chi connectivity index (χ2n) is 8.34. The number of anilines is 2. The Morgan fingerprint density at radius 3 is 2.03 bits per heavy atom. The van der Waals surface area contributed by atoms with Gasteiger partial charge in [0.05, 0.1) is 6.10 Å². The molecule has 3 aromatic rings. The second kappa shape index (κ2) is 16.0. The molecule has 3 aromatic carbocycles. The zero-order valence-corrected chi connectivity index (χ0v) is 22.1. The standard InChI is InChI=1S/C29H35N3O2.C2H6/c1-3-5-12-26(9-4-2)34-27-19-15-23(16-20-27)22-13-17-25(18-14-22)32-29(33)28(30)21-31-24-10-7-6-8-11-24;1-2/h6-8,10-11,13-21,26,31H,3-5,9,12,30H2,1-2H3,(H,32,33);1-2H3/b28-21-;. The van der Waals surface area contributed by atoms with Crippen LogP contribution >= 0.6 is 0 Å². The second-order valence-corrected chi connectivity index (χ2v) is 8.34. The van der Waals surface area contributed by atoms with Gasteiger partial charge in [-0.1, -0.05) is 89.4 Å². The first-order chi connectivity index (χ1) is 17.6. The summed E-state index contributed by atoms with van der Waals surface area (Å²) in [4.78, 5) is 12.4. The quantitative estimate of drug-likeness (QED) is 0.226. The molecule has 4 N–H and O–H groups in total. The maximum absolute atomic E-state index is 12.4. The number of nitrogens with two attached hydrogens (primary N) is 1. The molecular formula is C31H41N3O2. The fourth-order valence-corrected chi connectivity index (χ4v) is 3.64. The molecule has 36 heavy (non-hydrogen) atoms. The molecule has 1 unspecified atom stereocenters. The van der Waals surface area contributed by atoms with Gasteiger partial charge in [0, 0.05) is 17.6 Å². The molecule has 192 valence electrons. The number of hydrogen-bond acceptors (Lipinski definition) is 4. The number of benzene rings is 3. The van der Waals surface area contributed by atoms with E-state index < -0.39 is 0 Å². The highest BCUT2D eigenvalue weighted by atomic mass is 16.5. The van der Waals surface area contributed by atoms with Crippen molar-refractivity contribution in [2.45, 2.75) is 65.9 Å². The average Bonchev–Trinajstić information content (AvgIpc) is 2.93. The van der Waals surface area contributed by atoms with Crippen LogP contribution in [0.5, 0.6) is 5.75 Å². The van der Waals surface area contributed by atoms with Crippen molar-refractivity contribution in [2.24, 2.45) is 5.73 Å². The van der Waals surface area contributed by atoms with E-state index in [2.05, 4.69) is 36.6 Å². The van der Waals surface area contributed by atoms with E-state index in [1.165, 1.54) is 19.0 Å². The largest absolute Gasteiger partial charge is 0.490 e. The van der Waals surface area contributed by atoms with Gasteiger partial charge in [-0.05, 0) is 60.4 Å². The smallest absolute Gasteiger partial charge is 0.273 e. The lowest BCUT2D eigenvalue weighted by Crippen LogP contribution is -2.21. The monoisotopic (exact) mass is 487 g/mol. The minimum atomic E-state index is -0.359. The van der Waals surface area contributed by atoms with Crippen LogP contribution < -0.4 is 21.1 Å². The molecule has 5 nitrogen and oxygen atoms in total. The topological polar surface area (TPSA) is 76.4 Å². The summed E-state index contributed by atoms with van der Waals surface area (Å²) < 4.78 is 6.21. The van der Waals surface area contributed by atoms with Gasteiger partial charge in [0.1, 0.15) is 11.4 Å². The fraction of sp³-hybridized carbons (Fsp3) is 0.323. The molecule has 3 rings (SSSR count). The fourth-order valence-electron chi connectivity index (χ4n) is 3.64. The van der Waals surface area contributed by atoms with Crippen LogP contribution in [-0.2, 0) is 4.79 Å². The van der Waals surface area contributed by atoms with Crippen LogP contribution in [0.15, 0.2) is 90.8 Å². The van der Waals surface area contributed by atoms with Crippen LogP contribution in [0.4, 0.5) is 11.4 Å². The minimum absolute atomic E-state index is 0.101. The highest BCUT2D eigenvalue weighted by molar-refractivity contribution is 6.03. The van der Waals surface area contributed by atoms with Crippen molar-refractivity contribution < 1.29 is 9.53 Å². The normalized spacial score (nSPS) is 11.6. The molecule has 0 aliphatic rings. The van der Waals surface area contributed by atoms with Crippen LogP contribution in [0, 0.1) is 0 Å². The van der Waals surface area contributed by atoms with Crippen molar-refractivity contribution in [3.05, 3.63) is 90.8 Å².